The molecule has 178 valence electrons. The second kappa shape index (κ2) is 9.92. The largest absolute Gasteiger partial charge is 0.482 e. The number of likely N-dealkylation sites (N-methyl/N-ethyl adjacent to an activating group) is 1. The van der Waals surface area contributed by atoms with Crippen LogP contribution in [-0.2, 0) is 9.53 Å². The van der Waals surface area contributed by atoms with E-state index in [9.17, 15) is 9.18 Å². The molecule has 0 bridgehead atoms. The number of rotatable bonds is 8. The van der Waals surface area contributed by atoms with Crippen LogP contribution < -0.4 is 20.3 Å². The van der Waals surface area contributed by atoms with Gasteiger partial charge < -0.3 is 20.5 Å². The van der Waals surface area contributed by atoms with Crippen molar-refractivity contribution in [3.05, 3.63) is 59.7 Å². The van der Waals surface area contributed by atoms with Crippen LogP contribution >= 0.6 is 11.6 Å². The number of benzene rings is 2. The van der Waals surface area contributed by atoms with Crippen LogP contribution in [0.25, 0.3) is 10.9 Å². The van der Waals surface area contributed by atoms with Crippen molar-refractivity contribution in [2.75, 3.05) is 39.2 Å². The van der Waals surface area contributed by atoms with Gasteiger partial charge in [-0.15, -0.1) is 0 Å². The normalized spacial score (nSPS) is 16.3. The summed E-state index contributed by atoms with van der Waals surface area (Å²) < 4.78 is 25.8. The van der Waals surface area contributed by atoms with Crippen molar-refractivity contribution in [1.29, 1.82) is 0 Å². The predicted octanol–water partition coefficient (Wildman–Crippen LogP) is 3.94. The molecule has 3 aromatic rings. The zero-order chi connectivity index (χ0) is 24.3. The highest BCUT2D eigenvalue weighted by molar-refractivity contribution is 6.31. The average molecular weight is 487 g/mol. The van der Waals surface area contributed by atoms with E-state index in [0.717, 1.165) is 17.5 Å². The van der Waals surface area contributed by atoms with Crippen LogP contribution in [0.15, 0.2) is 48.8 Å². The number of halogens is 2. The van der Waals surface area contributed by atoms with Crippen molar-refractivity contribution in [3.63, 3.8) is 0 Å². The van der Waals surface area contributed by atoms with Crippen LogP contribution in [0, 0.1) is 5.82 Å². The van der Waals surface area contributed by atoms with Crippen LogP contribution in [0.2, 0.25) is 5.02 Å². The molecule has 2 aromatic carbocycles. The van der Waals surface area contributed by atoms with E-state index in [1.807, 2.05) is 26.2 Å². The van der Waals surface area contributed by atoms with Crippen molar-refractivity contribution in [1.82, 2.24) is 14.5 Å². The lowest BCUT2D eigenvalue weighted by molar-refractivity contribution is -0.113. The third-order valence-corrected chi connectivity index (χ3v) is 5.87. The van der Waals surface area contributed by atoms with Crippen molar-refractivity contribution < 1.29 is 18.7 Å². The number of hydrogen-bond acceptors (Lipinski definition) is 6. The minimum absolute atomic E-state index is 0.0116. The van der Waals surface area contributed by atoms with E-state index in [0.29, 0.717) is 47.0 Å². The van der Waals surface area contributed by atoms with Crippen molar-refractivity contribution >= 4 is 45.6 Å². The van der Waals surface area contributed by atoms with Crippen LogP contribution in [0.1, 0.15) is 6.42 Å². The second-order valence-corrected chi connectivity index (χ2v) is 9.00. The number of nitrogens with one attached hydrogen (secondary N) is 1. The molecule has 2 heterocycles. The molecule has 1 aromatic heterocycles. The van der Waals surface area contributed by atoms with Gasteiger partial charge in [0, 0.05) is 35.7 Å². The molecule has 0 spiro atoms. The third kappa shape index (κ3) is 5.44. The maximum absolute atomic E-state index is 13.6. The molecule has 1 aliphatic rings. The average Bonchev–Trinajstić information content (AvgIpc) is 3.28. The molecule has 10 heteroatoms. The van der Waals surface area contributed by atoms with Gasteiger partial charge in [0.25, 0.3) is 0 Å². The van der Waals surface area contributed by atoms with Crippen LogP contribution in [0.4, 0.5) is 21.6 Å². The standard InChI is InChI=1S/C24H25ClFN5O3/c1-31(2,8-3-4-23(27)32)21-11-17-20(12-22(21)34-16-7-9-33-13-16)28-14-29-24(17)30-15-5-6-19(26)18(25)10-15/h3-6,10-12,14,16H,7-9,13H2,1-2H3,(H2-,27,28,29,30,32)/p+1/b4-3+/t16-/m0/s1. The second-order valence-electron chi connectivity index (χ2n) is 8.59. The van der Waals surface area contributed by atoms with E-state index in [4.69, 9.17) is 26.8 Å². The van der Waals surface area contributed by atoms with Crippen LogP contribution in [0.5, 0.6) is 5.75 Å². The van der Waals surface area contributed by atoms with Gasteiger partial charge in [-0.25, -0.2) is 14.4 Å². The Balaban J connectivity index is 1.78. The van der Waals surface area contributed by atoms with Gasteiger partial charge in [-0.3, -0.25) is 9.28 Å². The number of amides is 1. The fourth-order valence-corrected chi connectivity index (χ4v) is 3.95. The lowest BCUT2D eigenvalue weighted by atomic mass is 10.1. The SMILES string of the molecule is C[N+](C)(C/C=C/C(N)=O)c1cc2c(Nc3ccc(F)c(Cl)c3)ncnc2cc1O[C@H]1CCOC1. The number of carbonyl (C=O) groups excluding carboxylic acids is 1. The number of aromatic nitrogens is 2. The highest BCUT2D eigenvalue weighted by Gasteiger charge is 2.28. The van der Waals surface area contributed by atoms with Crippen LogP contribution in [0.3, 0.4) is 0 Å². The summed E-state index contributed by atoms with van der Waals surface area (Å²) in [4.78, 5) is 20.0. The Morgan fingerprint density at radius 3 is 2.88 bits per heavy atom. The zero-order valence-corrected chi connectivity index (χ0v) is 19.7. The van der Waals surface area contributed by atoms with Crippen molar-refractivity contribution in [3.8, 4) is 5.75 Å². The molecular formula is C24H26ClFN5O3+. The Morgan fingerprint density at radius 1 is 1.35 bits per heavy atom. The van der Waals surface area contributed by atoms with Gasteiger partial charge in [0.05, 0.1) is 37.8 Å². The van der Waals surface area contributed by atoms with Crippen molar-refractivity contribution in [2.45, 2.75) is 12.5 Å². The zero-order valence-electron chi connectivity index (χ0n) is 18.9. The Bertz CT molecular complexity index is 1240. The van der Waals surface area contributed by atoms with Crippen LogP contribution in [-0.4, -0.2) is 55.8 Å². The molecule has 3 N–H and O–H groups in total. The summed E-state index contributed by atoms with van der Waals surface area (Å²) in [6, 6.07) is 8.22. The molecule has 0 saturated carbocycles. The summed E-state index contributed by atoms with van der Waals surface area (Å²) in [6.07, 6.45) is 5.27. The first kappa shape index (κ1) is 23.9. The van der Waals surface area contributed by atoms with Crippen molar-refractivity contribution in [2.24, 2.45) is 5.73 Å². The first-order valence-electron chi connectivity index (χ1n) is 10.8. The topological polar surface area (TPSA) is 99.4 Å². The Kier molecular flexibility index (Phi) is 6.97. The smallest absolute Gasteiger partial charge is 0.241 e. The lowest BCUT2D eigenvalue weighted by Crippen LogP contribution is -2.41. The number of nitrogens with zero attached hydrogens (tertiary/aromatic N) is 3. The van der Waals surface area contributed by atoms with E-state index in [2.05, 4.69) is 15.3 Å². The molecule has 34 heavy (non-hydrogen) atoms. The summed E-state index contributed by atoms with van der Waals surface area (Å²) in [5.74, 6) is 0.214. The maximum Gasteiger partial charge on any atom is 0.241 e. The summed E-state index contributed by atoms with van der Waals surface area (Å²) >= 11 is 5.94. The molecule has 1 amide bonds. The van der Waals surface area contributed by atoms with Gasteiger partial charge in [-0.2, -0.15) is 0 Å². The molecule has 1 aliphatic heterocycles. The van der Waals surface area contributed by atoms with E-state index in [-0.39, 0.29) is 11.1 Å². The quantitative estimate of drug-likeness (QED) is 0.369. The number of quaternary nitrogens is 1. The van der Waals surface area contributed by atoms with Gasteiger partial charge in [0.2, 0.25) is 5.91 Å². The first-order chi connectivity index (χ1) is 16.2. The minimum atomic E-state index is -0.504. The Morgan fingerprint density at radius 2 is 2.18 bits per heavy atom. The summed E-state index contributed by atoms with van der Waals surface area (Å²) in [7, 11) is 4.00. The molecule has 1 fully saturated rings. The minimum Gasteiger partial charge on any atom is -0.482 e. The van der Waals surface area contributed by atoms with Gasteiger partial charge in [0.15, 0.2) is 11.4 Å². The maximum atomic E-state index is 13.6. The van der Waals surface area contributed by atoms with E-state index >= 15 is 0 Å². The monoisotopic (exact) mass is 486 g/mol. The summed E-state index contributed by atoms with van der Waals surface area (Å²) in [6.45, 7) is 1.67. The van der Waals surface area contributed by atoms with E-state index in [1.54, 1.807) is 12.1 Å². The lowest BCUT2D eigenvalue weighted by Gasteiger charge is -2.30. The molecule has 0 unspecified atom stereocenters. The molecule has 0 radical (unpaired) electrons. The number of anilines is 2. The van der Waals surface area contributed by atoms with Gasteiger partial charge in [-0.1, -0.05) is 11.6 Å². The third-order valence-electron chi connectivity index (χ3n) is 5.58. The molecule has 8 nitrogen and oxygen atoms in total. The first-order valence-corrected chi connectivity index (χ1v) is 11.2. The molecule has 0 aliphatic carbocycles. The van der Waals surface area contributed by atoms with Gasteiger partial charge in [-0.05, 0) is 24.3 Å². The molecular weight excluding hydrogens is 461 g/mol. The highest BCUT2D eigenvalue weighted by atomic mass is 35.5. The molecule has 1 atom stereocenters. The number of ether oxygens (including phenoxy) is 2. The Labute approximate surface area is 201 Å². The fraction of sp³-hybridized carbons (Fsp3) is 0.292. The Hall–Kier alpha value is -3.27. The summed E-state index contributed by atoms with van der Waals surface area (Å²) in [5.41, 5.74) is 7.39. The number of nitrogens with two attached hydrogens (primary N) is 1. The number of fused-ring (bicyclic) bond motifs is 1. The summed E-state index contributed by atoms with van der Waals surface area (Å²) in [5, 5.41) is 3.96. The number of primary amides is 1. The number of hydrogen-bond donors (Lipinski definition) is 2. The van der Waals surface area contributed by atoms with Gasteiger partial charge >= 0.3 is 0 Å². The predicted molar refractivity (Wildman–Crippen MR) is 131 cm³/mol. The highest BCUT2D eigenvalue weighted by Crippen LogP contribution is 2.39. The number of carbonyl (C=O) groups is 1. The fourth-order valence-electron chi connectivity index (χ4n) is 3.77. The molecule has 4 rings (SSSR count). The van der Waals surface area contributed by atoms with Gasteiger partial charge in [0.1, 0.15) is 30.6 Å². The van der Waals surface area contributed by atoms with E-state index in [1.165, 1.54) is 24.5 Å². The van der Waals surface area contributed by atoms with E-state index < -0.39 is 11.7 Å². The molecule has 1 saturated heterocycles.